The van der Waals surface area contributed by atoms with Crippen LogP contribution in [-0.4, -0.2) is 31.2 Å². The number of hydrogen-bond acceptors (Lipinski definition) is 4. The van der Waals surface area contributed by atoms with Crippen LogP contribution in [-0.2, 0) is 16.1 Å². The predicted molar refractivity (Wildman–Crippen MR) is 108 cm³/mol. The summed E-state index contributed by atoms with van der Waals surface area (Å²) < 4.78 is 10.8. The normalized spacial score (nSPS) is 11.6. The number of hydrogen-bond donors (Lipinski definition) is 2. The molecule has 0 aliphatic heterocycles. The molecule has 6 nitrogen and oxygen atoms in total. The number of rotatable bonds is 9. The third-order valence-electron chi connectivity index (χ3n) is 4.09. The summed E-state index contributed by atoms with van der Waals surface area (Å²) in [7, 11) is 0. The molecule has 0 aromatic heterocycles. The van der Waals surface area contributed by atoms with Gasteiger partial charge in [-0.2, -0.15) is 0 Å². The Morgan fingerprint density at radius 1 is 1.04 bits per heavy atom. The van der Waals surface area contributed by atoms with Gasteiger partial charge in [0.25, 0.3) is 0 Å². The second kappa shape index (κ2) is 11.0. The van der Waals surface area contributed by atoms with Crippen molar-refractivity contribution < 1.29 is 19.1 Å². The summed E-state index contributed by atoms with van der Waals surface area (Å²) in [6, 6.07) is 16.4. The standard InChI is InChI=1S/C22H28N2O4/c1-16(2)20(24-22(26)28-15-18-9-5-4-6-10-18)21(25)23-12-13-27-19-11-7-8-17(3)14-19/h4-11,14,16,20H,12-13,15H2,1-3H3,(H,23,25)(H,24,26)/t20-/m0/s1. The summed E-state index contributed by atoms with van der Waals surface area (Å²) in [6.45, 7) is 6.57. The van der Waals surface area contributed by atoms with Crippen molar-refractivity contribution in [2.24, 2.45) is 5.92 Å². The number of carbonyl (C=O) groups is 2. The van der Waals surface area contributed by atoms with Crippen LogP contribution < -0.4 is 15.4 Å². The van der Waals surface area contributed by atoms with Crippen molar-refractivity contribution in [3.05, 3.63) is 65.7 Å². The highest BCUT2D eigenvalue weighted by molar-refractivity contribution is 5.85. The molecule has 2 amide bonds. The fourth-order valence-electron chi connectivity index (χ4n) is 2.58. The summed E-state index contributed by atoms with van der Waals surface area (Å²) in [6.07, 6.45) is -0.617. The molecule has 0 saturated heterocycles. The maximum absolute atomic E-state index is 12.4. The highest BCUT2D eigenvalue weighted by Gasteiger charge is 2.24. The van der Waals surface area contributed by atoms with Crippen LogP contribution in [0, 0.1) is 12.8 Å². The van der Waals surface area contributed by atoms with Gasteiger partial charge in [-0.3, -0.25) is 4.79 Å². The minimum Gasteiger partial charge on any atom is -0.492 e. The van der Waals surface area contributed by atoms with E-state index in [0.29, 0.717) is 13.2 Å². The molecule has 150 valence electrons. The van der Waals surface area contributed by atoms with Gasteiger partial charge in [0.1, 0.15) is 25.0 Å². The molecule has 28 heavy (non-hydrogen) atoms. The Morgan fingerprint density at radius 2 is 1.79 bits per heavy atom. The molecule has 0 spiro atoms. The van der Waals surface area contributed by atoms with E-state index in [0.717, 1.165) is 16.9 Å². The van der Waals surface area contributed by atoms with E-state index in [1.54, 1.807) is 0 Å². The number of nitrogens with one attached hydrogen (secondary N) is 2. The number of carbonyl (C=O) groups excluding carboxylic acids is 2. The molecule has 2 rings (SSSR count). The molecule has 0 aliphatic carbocycles. The lowest BCUT2D eigenvalue weighted by molar-refractivity contribution is -0.124. The quantitative estimate of drug-likeness (QED) is 0.650. The first-order chi connectivity index (χ1) is 13.5. The van der Waals surface area contributed by atoms with Gasteiger partial charge in [-0.05, 0) is 36.1 Å². The maximum atomic E-state index is 12.4. The van der Waals surface area contributed by atoms with E-state index in [1.807, 2.05) is 75.4 Å². The van der Waals surface area contributed by atoms with Crippen molar-refractivity contribution in [1.29, 1.82) is 0 Å². The minimum atomic E-state index is -0.678. The van der Waals surface area contributed by atoms with Crippen LogP contribution in [0.4, 0.5) is 4.79 Å². The van der Waals surface area contributed by atoms with E-state index >= 15 is 0 Å². The molecule has 0 aliphatic rings. The highest BCUT2D eigenvalue weighted by atomic mass is 16.5. The third-order valence-corrected chi connectivity index (χ3v) is 4.09. The first-order valence-electron chi connectivity index (χ1n) is 9.40. The molecule has 0 heterocycles. The lowest BCUT2D eigenvalue weighted by Gasteiger charge is -2.21. The van der Waals surface area contributed by atoms with Crippen LogP contribution in [0.15, 0.2) is 54.6 Å². The SMILES string of the molecule is Cc1cccc(OCCNC(=O)[C@@H](NC(=O)OCc2ccccc2)C(C)C)c1. The van der Waals surface area contributed by atoms with Gasteiger partial charge in [-0.25, -0.2) is 4.79 Å². The minimum absolute atomic E-state index is 0.0815. The van der Waals surface area contributed by atoms with E-state index in [1.165, 1.54) is 0 Å². The number of alkyl carbamates (subject to hydrolysis) is 1. The number of ether oxygens (including phenoxy) is 2. The molecule has 0 fully saturated rings. The predicted octanol–water partition coefficient (Wildman–Crippen LogP) is 3.44. The largest absolute Gasteiger partial charge is 0.492 e. The smallest absolute Gasteiger partial charge is 0.408 e. The first kappa shape index (κ1) is 21.3. The average Bonchev–Trinajstić information content (AvgIpc) is 2.68. The Bertz CT molecular complexity index is 762. The second-order valence-corrected chi connectivity index (χ2v) is 6.88. The van der Waals surface area contributed by atoms with E-state index in [2.05, 4.69) is 10.6 Å². The number of benzene rings is 2. The molecule has 0 radical (unpaired) electrons. The van der Waals surface area contributed by atoms with Crippen molar-refractivity contribution in [3.63, 3.8) is 0 Å². The first-order valence-corrected chi connectivity index (χ1v) is 9.40. The van der Waals surface area contributed by atoms with E-state index in [4.69, 9.17) is 9.47 Å². The highest BCUT2D eigenvalue weighted by Crippen LogP contribution is 2.11. The Morgan fingerprint density at radius 3 is 2.46 bits per heavy atom. The summed E-state index contributed by atoms with van der Waals surface area (Å²) in [5.41, 5.74) is 2.00. The Hall–Kier alpha value is -3.02. The van der Waals surface area contributed by atoms with Gasteiger partial charge in [0.05, 0.1) is 6.54 Å². The Balaban J connectivity index is 1.75. The lowest BCUT2D eigenvalue weighted by Crippen LogP contribution is -2.50. The summed E-state index contributed by atoms with van der Waals surface area (Å²) in [5, 5.41) is 5.43. The summed E-state index contributed by atoms with van der Waals surface area (Å²) in [4.78, 5) is 24.5. The molecule has 0 unspecified atom stereocenters. The monoisotopic (exact) mass is 384 g/mol. The second-order valence-electron chi connectivity index (χ2n) is 6.88. The summed E-state index contributed by atoms with van der Waals surface area (Å²) >= 11 is 0. The molecule has 2 aromatic carbocycles. The van der Waals surface area contributed by atoms with Crippen LogP contribution in [0.25, 0.3) is 0 Å². The third kappa shape index (κ3) is 7.31. The van der Waals surface area contributed by atoms with Crippen LogP contribution in [0.1, 0.15) is 25.0 Å². The molecular weight excluding hydrogens is 356 g/mol. The molecule has 0 bridgehead atoms. The lowest BCUT2D eigenvalue weighted by atomic mass is 10.0. The van der Waals surface area contributed by atoms with Crippen LogP contribution >= 0.6 is 0 Å². The zero-order valence-corrected chi connectivity index (χ0v) is 16.6. The average molecular weight is 384 g/mol. The number of amides is 2. The molecule has 2 N–H and O–H groups in total. The maximum Gasteiger partial charge on any atom is 0.408 e. The van der Waals surface area contributed by atoms with Crippen LogP contribution in [0.5, 0.6) is 5.75 Å². The van der Waals surface area contributed by atoms with Gasteiger partial charge in [0, 0.05) is 0 Å². The van der Waals surface area contributed by atoms with Crippen LogP contribution in [0.2, 0.25) is 0 Å². The molecule has 0 saturated carbocycles. The van der Waals surface area contributed by atoms with Crippen molar-refractivity contribution in [2.75, 3.05) is 13.2 Å². The summed E-state index contributed by atoms with van der Waals surface area (Å²) in [5.74, 6) is 0.416. The van der Waals surface area contributed by atoms with Gasteiger partial charge in [0.15, 0.2) is 0 Å². The van der Waals surface area contributed by atoms with Crippen molar-refractivity contribution >= 4 is 12.0 Å². The topological polar surface area (TPSA) is 76.7 Å². The zero-order valence-electron chi connectivity index (χ0n) is 16.6. The molecule has 1 atom stereocenters. The van der Waals surface area contributed by atoms with Gasteiger partial charge >= 0.3 is 6.09 Å². The molecule has 6 heteroatoms. The number of aryl methyl sites for hydroxylation is 1. The fourth-order valence-corrected chi connectivity index (χ4v) is 2.58. The van der Waals surface area contributed by atoms with Gasteiger partial charge < -0.3 is 20.1 Å². The van der Waals surface area contributed by atoms with Crippen LogP contribution in [0.3, 0.4) is 0 Å². The van der Waals surface area contributed by atoms with Crippen molar-refractivity contribution in [1.82, 2.24) is 10.6 Å². The van der Waals surface area contributed by atoms with Gasteiger partial charge in [0.2, 0.25) is 5.91 Å². The Labute approximate surface area is 166 Å². The van der Waals surface area contributed by atoms with Gasteiger partial charge in [-0.1, -0.05) is 56.3 Å². The van der Waals surface area contributed by atoms with Gasteiger partial charge in [-0.15, -0.1) is 0 Å². The van der Waals surface area contributed by atoms with Crippen molar-refractivity contribution in [3.8, 4) is 5.75 Å². The van der Waals surface area contributed by atoms with E-state index < -0.39 is 12.1 Å². The molecular formula is C22H28N2O4. The zero-order chi connectivity index (χ0) is 20.4. The van der Waals surface area contributed by atoms with Crippen molar-refractivity contribution in [2.45, 2.75) is 33.4 Å². The Kier molecular flexibility index (Phi) is 8.34. The van der Waals surface area contributed by atoms with E-state index in [-0.39, 0.29) is 18.4 Å². The fraction of sp³-hybridized carbons (Fsp3) is 0.364. The van der Waals surface area contributed by atoms with E-state index in [9.17, 15) is 9.59 Å². The molecule has 2 aromatic rings.